The van der Waals surface area contributed by atoms with Gasteiger partial charge < -0.3 is 20.1 Å². The Bertz CT molecular complexity index is 372. The van der Waals surface area contributed by atoms with Crippen molar-refractivity contribution in [3.63, 3.8) is 0 Å². The third-order valence-corrected chi connectivity index (χ3v) is 2.73. The Balaban J connectivity index is 2.29. The Morgan fingerprint density at radius 1 is 1.22 bits per heavy atom. The lowest BCUT2D eigenvalue weighted by Crippen LogP contribution is -2.35. The third-order valence-electron chi connectivity index (χ3n) is 2.44. The van der Waals surface area contributed by atoms with Crippen molar-refractivity contribution in [2.45, 2.75) is 13.0 Å². The number of hydrogen-bond acceptors (Lipinski definition) is 3. The lowest BCUT2D eigenvalue weighted by molar-refractivity contribution is 0.195. The van der Waals surface area contributed by atoms with Crippen LogP contribution < -0.4 is 15.4 Å². The van der Waals surface area contributed by atoms with Gasteiger partial charge in [-0.05, 0) is 24.7 Å². The SMILES string of the molecule is COCCCNC(=S)NCc1ccccc1OC. The van der Waals surface area contributed by atoms with Crippen molar-refractivity contribution in [2.75, 3.05) is 27.4 Å². The standard InChI is InChI=1S/C13H20N2O2S/c1-16-9-5-8-14-13(18)15-10-11-6-3-4-7-12(11)17-2/h3-4,6-7H,5,8-10H2,1-2H3,(H2,14,15,18). The van der Waals surface area contributed by atoms with E-state index in [4.69, 9.17) is 21.7 Å². The highest BCUT2D eigenvalue weighted by Gasteiger charge is 2.01. The number of ether oxygens (including phenoxy) is 2. The van der Waals surface area contributed by atoms with Crippen molar-refractivity contribution < 1.29 is 9.47 Å². The second kappa shape index (κ2) is 8.72. The fourth-order valence-electron chi connectivity index (χ4n) is 1.51. The number of rotatable bonds is 7. The van der Waals surface area contributed by atoms with Gasteiger partial charge in [-0.2, -0.15) is 0 Å². The van der Waals surface area contributed by atoms with E-state index in [2.05, 4.69) is 10.6 Å². The Hall–Kier alpha value is -1.33. The molecular weight excluding hydrogens is 248 g/mol. The molecule has 4 nitrogen and oxygen atoms in total. The van der Waals surface area contributed by atoms with Gasteiger partial charge >= 0.3 is 0 Å². The molecule has 2 N–H and O–H groups in total. The van der Waals surface area contributed by atoms with Gasteiger partial charge in [-0.15, -0.1) is 0 Å². The van der Waals surface area contributed by atoms with Crippen molar-refractivity contribution in [1.82, 2.24) is 10.6 Å². The number of hydrogen-bond donors (Lipinski definition) is 2. The van der Waals surface area contributed by atoms with Crippen LogP contribution in [-0.4, -0.2) is 32.5 Å². The number of benzene rings is 1. The Morgan fingerprint density at radius 3 is 2.72 bits per heavy atom. The predicted octanol–water partition coefficient (Wildman–Crippen LogP) is 1.70. The lowest BCUT2D eigenvalue weighted by Gasteiger charge is -2.12. The zero-order chi connectivity index (χ0) is 13.2. The van der Waals surface area contributed by atoms with Crippen LogP contribution in [0.5, 0.6) is 5.75 Å². The highest BCUT2D eigenvalue weighted by Crippen LogP contribution is 2.16. The van der Waals surface area contributed by atoms with Crippen LogP contribution in [0.25, 0.3) is 0 Å². The number of nitrogens with one attached hydrogen (secondary N) is 2. The first-order valence-electron chi connectivity index (χ1n) is 5.90. The molecule has 0 aliphatic carbocycles. The summed E-state index contributed by atoms with van der Waals surface area (Å²) in [6.45, 7) is 2.20. The van der Waals surface area contributed by atoms with Crippen molar-refractivity contribution >= 4 is 17.3 Å². The summed E-state index contributed by atoms with van der Waals surface area (Å²) >= 11 is 5.18. The van der Waals surface area contributed by atoms with Crippen LogP contribution in [0.3, 0.4) is 0 Å². The largest absolute Gasteiger partial charge is 0.496 e. The van der Waals surface area contributed by atoms with E-state index in [-0.39, 0.29) is 0 Å². The van der Waals surface area contributed by atoms with E-state index in [1.807, 2.05) is 24.3 Å². The van der Waals surface area contributed by atoms with Gasteiger partial charge in [0, 0.05) is 32.4 Å². The number of methoxy groups -OCH3 is 2. The first kappa shape index (κ1) is 14.7. The van der Waals surface area contributed by atoms with Gasteiger partial charge in [0.25, 0.3) is 0 Å². The fourth-order valence-corrected chi connectivity index (χ4v) is 1.68. The molecule has 0 saturated heterocycles. The monoisotopic (exact) mass is 268 g/mol. The van der Waals surface area contributed by atoms with Crippen LogP contribution in [0, 0.1) is 0 Å². The van der Waals surface area contributed by atoms with Crippen LogP contribution in [0.1, 0.15) is 12.0 Å². The molecule has 0 saturated carbocycles. The van der Waals surface area contributed by atoms with Gasteiger partial charge in [0.2, 0.25) is 0 Å². The lowest BCUT2D eigenvalue weighted by atomic mass is 10.2. The quantitative estimate of drug-likeness (QED) is 0.582. The number of thiocarbonyl (C=S) groups is 1. The van der Waals surface area contributed by atoms with Crippen molar-refractivity contribution in [1.29, 1.82) is 0 Å². The van der Waals surface area contributed by atoms with E-state index in [0.717, 1.165) is 30.9 Å². The maximum atomic E-state index is 5.27. The van der Waals surface area contributed by atoms with Gasteiger partial charge in [-0.3, -0.25) is 0 Å². The molecule has 0 heterocycles. The third kappa shape index (κ3) is 5.33. The van der Waals surface area contributed by atoms with Gasteiger partial charge in [-0.1, -0.05) is 18.2 Å². The van der Waals surface area contributed by atoms with E-state index < -0.39 is 0 Å². The van der Waals surface area contributed by atoms with Crippen LogP contribution in [0.15, 0.2) is 24.3 Å². The summed E-state index contributed by atoms with van der Waals surface area (Å²) in [6.07, 6.45) is 0.937. The summed E-state index contributed by atoms with van der Waals surface area (Å²) in [5.74, 6) is 0.868. The zero-order valence-electron chi connectivity index (χ0n) is 10.9. The summed E-state index contributed by atoms with van der Waals surface area (Å²) in [4.78, 5) is 0. The minimum absolute atomic E-state index is 0.650. The average Bonchev–Trinajstić information content (AvgIpc) is 2.41. The maximum absolute atomic E-state index is 5.27. The molecular formula is C13H20N2O2S. The molecule has 0 aliphatic heterocycles. The molecule has 1 aromatic rings. The summed E-state index contributed by atoms with van der Waals surface area (Å²) in [5, 5.41) is 6.92. The summed E-state index contributed by atoms with van der Waals surface area (Å²) < 4.78 is 10.2. The molecule has 0 aliphatic rings. The van der Waals surface area contributed by atoms with Gasteiger partial charge in [-0.25, -0.2) is 0 Å². The summed E-state index contributed by atoms with van der Waals surface area (Å²) in [7, 11) is 3.36. The molecule has 1 rings (SSSR count). The molecule has 0 fully saturated rings. The molecule has 0 atom stereocenters. The van der Waals surface area contributed by atoms with Gasteiger partial charge in [0.1, 0.15) is 5.75 Å². The van der Waals surface area contributed by atoms with Crippen molar-refractivity contribution in [3.05, 3.63) is 29.8 Å². The van der Waals surface area contributed by atoms with E-state index in [1.54, 1.807) is 14.2 Å². The molecule has 0 amide bonds. The number of para-hydroxylation sites is 1. The Kier molecular flexibility index (Phi) is 7.13. The molecule has 1 aromatic carbocycles. The van der Waals surface area contributed by atoms with Gasteiger partial charge in [0.15, 0.2) is 5.11 Å². The molecule has 100 valence electrons. The van der Waals surface area contributed by atoms with Crippen LogP contribution in [0.4, 0.5) is 0 Å². The second-order valence-corrected chi connectivity index (χ2v) is 4.18. The first-order valence-corrected chi connectivity index (χ1v) is 6.31. The van der Waals surface area contributed by atoms with E-state index in [0.29, 0.717) is 11.7 Å². The molecule has 0 unspecified atom stereocenters. The highest BCUT2D eigenvalue weighted by molar-refractivity contribution is 7.80. The highest BCUT2D eigenvalue weighted by atomic mass is 32.1. The minimum atomic E-state index is 0.650. The normalized spacial score (nSPS) is 9.89. The predicted molar refractivity (Wildman–Crippen MR) is 76.9 cm³/mol. The molecule has 0 bridgehead atoms. The van der Waals surface area contributed by atoms with Crippen molar-refractivity contribution in [2.24, 2.45) is 0 Å². The summed E-state index contributed by atoms with van der Waals surface area (Å²) in [5.41, 5.74) is 1.08. The summed E-state index contributed by atoms with van der Waals surface area (Å²) in [6, 6.07) is 7.88. The van der Waals surface area contributed by atoms with E-state index in [1.165, 1.54) is 0 Å². The second-order valence-electron chi connectivity index (χ2n) is 3.77. The minimum Gasteiger partial charge on any atom is -0.496 e. The Morgan fingerprint density at radius 2 is 2.00 bits per heavy atom. The average molecular weight is 268 g/mol. The van der Waals surface area contributed by atoms with Gasteiger partial charge in [0.05, 0.1) is 7.11 Å². The topological polar surface area (TPSA) is 42.5 Å². The maximum Gasteiger partial charge on any atom is 0.166 e. The smallest absolute Gasteiger partial charge is 0.166 e. The Labute approximate surface area is 114 Å². The van der Waals surface area contributed by atoms with Crippen LogP contribution in [-0.2, 0) is 11.3 Å². The molecule has 18 heavy (non-hydrogen) atoms. The first-order chi connectivity index (χ1) is 8.77. The van der Waals surface area contributed by atoms with E-state index in [9.17, 15) is 0 Å². The molecule has 5 heteroatoms. The van der Waals surface area contributed by atoms with Crippen molar-refractivity contribution in [3.8, 4) is 5.75 Å². The van der Waals surface area contributed by atoms with Crippen LogP contribution >= 0.6 is 12.2 Å². The molecule has 0 aromatic heterocycles. The van der Waals surface area contributed by atoms with Crippen LogP contribution in [0.2, 0.25) is 0 Å². The van der Waals surface area contributed by atoms with E-state index >= 15 is 0 Å². The molecule has 0 radical (unpaired) electrons. The molecule has 0 spiro atoms. The zero-order valence-corrected chi connectivity index (χ0v) is 11.7. The fraction of sp³-hybridized carbons (Fsp3) is 0.462.